The topological polar surface area (TPSA) is 190 Å². The molecule has 170 valence electrons. The maximum absolute atomic E-state index is 11.0. The van der Waals surface area contributed by atoms with Gasteiger partial charge in [-0.15, -0.1) is 0 Å². The fraction of sp³-hybridized carbons (Fsp3) is 1.00. The van der Waals surface area contributed by atoms with Gasteiger partial charge in [-0.25, -0.2) is 0 Å². The zero-order valence-electron chi connectivity index (χ0n) is 16.0. The Labute approximate surface area is 168 Å². The predicted molar refractivity (Wildman–Crippen MR) is 94.4 cm³/mol. The lowest BCUT2D eigenvalue weighted by atomic mass is 9.77. The summed E-state index contributed by atoms with van der Waals surface area (Å²) in [5.41, 5.74) is 0. The highest BCUT2D eigenvalue weighted by molar-refractivity contribution is 4.97. The minimum atomic E-state index is -2.52. The van der Waals surface area contributed by atoms with Gasteiger partial charge in [0, 0.05) is 25.2 Å². The highest BCUT2D eigenvalue weighted by Gasteiger charge is 2.52. The normalized spacial score (nSPS) is 45.7. The van der Waals surface area contributed by atoms with E-state index >= 15 is 0 Å². The molecule has 29 heavy (non-hydrogen) atoms. The lowest BCUT2D eigenvalue weighted by Gasteiger charge is -2.47. The summed E-state index contributed by atoms with van der Waals surface area (Å²) in [6, 6.07) is 0. The fourth-order valence-electron chi connectivity index (χ4n) is 4.27. The number of hydrogen-bond acceptors (Lipinski definition) is 11. The molecular weight excluding hydrogens is 392 g/mol. The maximum atomic E-state index is 11.0. The van der Waals surface area contributed by atoms with Crippen LogP contribution in [0.15, 0.2) is 0 Å². The first-order chi connectivity index (χ1) is 13.6. The van der Waals surface area contributed by atoms with Crippen LogP contribution in [0.25, 0.3) is 0 Å². The number of rotatable bonds is 5. The molecule has 11 nitrogen and oxygen atoms in total. The van der Waals surface area contributed by atoms with Gasteiger partial charge in [0.2, 0.25) is 0 Å². The molecule has 3 aliphatic rings. The first-order valence-corrected chi connectivity index (χ1v) is 9.97. The van der Waals surface area contributed by atoms with E-state index in [1.54, 1.807) is 0 Å². The van der Waals surface area contributed by atoms with E-state index in [9.17, 15) is 40.9 Å². The molecule has 8 N–H and O–H groups in total. The molecule has 0 aromatic rings. The highest BCUT2D eigenvalue weighted by Crippen LogP contribution is 2.38. The summed E-state index contributed by atoms with van der Waals surface area (Å²) >= 11 is 0. The van der Waals surface area contributed by atoms with Crippen molar-refractivity contribution in [1.82, 2.24) is 0 Å². The van der Waals surface area contributed by atoms with Crippen LogP contribution in [-0.2, 0) is 14.2 Å². The van der Waals surface area contributed by atoms with Crippen LogP contribution in [0.1, 0.15) is 25.7 Å². The molecule has 0 bridgehead atoms. The van der Waals surface area contributed by atoms with Crippen LogP contribution in [0.2, 0.25) is 0 Å². The van der Waals surface area contributed by atoms with Gasteiger partial charge in [0.25, 0.3) is 0 Å². The SMILES string of the molecule is OC1COC(CC(C2CC(O)C(O)CO2)C(O)(O)C2CC(O)C(O)CO2)CC1O. The van der Waals surface area contributed by atoms with Gasteiger partial charge in [-0.1, -0.05) is 0 Å². The molecule has 3 rings (SSSR count). The second-order valence-electron chi connectivity index (χ2n) is 8.39. The van der Waals surface area contributed by atoms with Gasteiger partial charge in [-0.05, 0) is 6.42 Å². The second kappa shape index (κ2) is 9.37. The average molecular weight is 424 g/mol. The minimum absolute atomic E-state index is 0.00275. The third-order valence-electron chi connectivity index (χ3n) is 6.20. The van der Waals surface area contributed by atoms with E-state index in [1.165, 1.54) is 0 Å². The average Bonchev–Trinajstić information content (AvgIpc) is 2.67. The van der Waals surface area contributed by atoms with Crippen molar-refractivity contribution < 1.29 is 55.1 Å². The summed E-state index contributed by atoms with van der Waals surface area (Å²) < 4.78 is 16.5. The quantitative estimate of drug-likeness (QED) is 0.202. The monoisotopic (exact) mass is 424 g/mol. The summed E-state index contributed by atoms with van der Waals surface area (Å²) in [4.78, 5) is 0. The van der Waals surface area contributed by atoms with Crippen LogP contribution < -0.4 is 0 Å². The first-order valence-electron chi connectivity index (χ1n) is 9.97. The molecule has 10 unspecified atom stereocenters. The molecule has 0 saturated carbocycles. The third-order valence-corrected chi connectivity index (χ3v) is 6.20. The van der Waals surface area contributed by atoms with E-state index in [-0.39, 0.29) is 45.5 Å². The lowest BCUT2D eigenvalue weighted by Crippen LogP contribution is -2.61. The van der Waals surface area contributed by atoms with Gasteiger partial charge < -0.3 is 55.1 Å². The van der Waals surface area contributed by atoms with Gasteiger partial charge in [0.05, 0.1) is 50.3 Å². The molecule has 0 aromatic carbocycles. The van der Waals surface area contributed by atoms with E-state index in [0.717, 1.165) is 0 Å². The van der Waals surface area contributed by atoms with Crippen LogP contribution in [0.5, 0.6) is 0 Å². The number of ether oxygens (including phenoxy) is 3. The predicted octanol–water partition coefficient (Wildman–Crippen LogP) is -3.79. The summed E-state index contributed by atoms with van der Waals surface area (Å²) in [5.74, 6) is -3.58. The Bertz CT molecular complexity index is 532. The van der Waals surface area contributed by atoms with E-state index in [0.29, 0.717) is 0 Å². The van der Waals surface area contributed by atoms with Crippen molar-refractivity contribution in [3.8, 4) is 0 Å². The minimum Gasteiger partial charge on any atom is -0.390 e. The molecule has 0 aliphatic carbocycles. The Hall–Kier alpha value is -0.440. The fourth-order valence-corrected chi connectivity index (χ4v) is 4.27. The maximum Gasteiger partial charge on any atom is 0.195 e. The Kier molecular flexibility index (Phi) is 7.50. The molecule has 3 fully saturated rings. The van der Waals surface area contributed by atoms with Crippen molar-refractivity contribution in [3.63, 3.8) is 0 Å². The molecular formula is C18H32O11. The zero-order chi connectivity index (χ0) is 21.3. The Morgan fingerprint density at radius 2 is 1.17 bits per heavy atom. The van der Waals surface area contributed by atoms with Crippen LogP contribution in [-0.4, -0.2) is 121 Å². The standard InChI is InChI=1S/C18H32O11/c19-10-2-8(27-5-13(10)22)1-9(16-3-11(20)14(23)6-28-16)18(25,26)17-4-12(21)15(24)7-29-17/h8-17,19-26H,1-7H2. The molecule has 10 atom stereocenters. The van der Waals surface area contributed by atoms with Crippen molar-refractivity contribution in [2.75, 3.05) is 19.8 Å². The molecule has 0 radical (unpaired) electrons. The van der Waals surface area contributed by atoms with E-state index in [4.69, 9.17) is 14.2 Å². The van der Waals surface area contributed by atoms with E-state index in [2.05, 4.69) is 0 Å². The molecule has 3 aliphatic heterocycles. The highest BCUT2D eigenvalue weighted by atomic mass is 16.6. The molecule has 3 saturated heterocycles. The van der Waals surface area contributed by atoms with Crippen LogP contribution in [0.4, 0.5) is 0 Å². The summed E-state index contributed by atoms with van der Waals surface area (Å²) in [5, 5.41) is 80.8. The van der Waals surface area contributed by atoms with Crippen molar-refractivity contribution in [2.24, 2.45) is 5.92 Å². The second-order valence-corrected chi connectivity index (χ2v) is 8.39. The van der Waals surface area contributed by atoms with Gasteiger partial charge in [-0.3, -0.25) is 0 Å². The number of hydrogen-bond donors (Lipinski definition) is 8. The van der Waals surface area contributed by atoms with Gasteiger partial charge >= 0.3 is 0 Å². The largest absolute Gasteiger partial charge is 0.390 e. The van der Waals surface area contributed by atoms with Gasteiger partial charge in [-0.2, -0.15) is 0 Å². The Morgan fingerprint density at radius 3 is 1.72 bits per heavy atom. The van der Waals surface area contributed by atoms with Gasteiger partial charge in [0.15, 0.2) is 5.79 Å². The van der Waals surface area contributed by atoms with E-state index in [1.807, 2.05) is 0 Å². The first kappa shape index (κ1) is 23.2. The van der Waals surface area contributed by atoms with E-state index < -0.39 is 66.6 Å². The number of aliphatic hydroxyl groups is 8. The smallest absolute Gasteiger partial charge is 0.195 e. The van der Waals surface area contributed by atoms with Crippen LogP contribution >= 0.6 is 0 Å². The molecule has 0 spiro atoms. The zero-order valence-corrected chi connectivity index (χ0v) is 16.0. The molecule has 0 aromatic heterocycles. The number of aliphatic hydroxyl groups excluding tert-OH is 6. The third kappa shape index (κ3) is 5.25. The molecule has 3 heterocycles. The Morgan fingerprint density at radius 1 is 0.655 bits per heavy atom. The molecule has 11 heteroatoms. The summed E-state index contributed by atoms with van der Waals surface area (Å²) in [6.45, 7) is -0.586. The van der Waals surface area contributed by atoms with Crippen molar-refractivity contribution in [3.05, 3.63) is 0 Å². The van der Waals surface area contributed by atoms with Crippen molar-refractivity contribution in [2.45, 2.75) is 86.4 Å². The summed E-state index contributed by atoms with van der Waals surface area (Å²) in [6.07, 6.45) is -9.55. The van der Waals surface area contributed by atoms with Crippen LogP contribution in [0.3, 0.4) is 0 Å². The Balaban J connectivity index is 1.78. The molecule has 0 amide bonds. The van der Waals surface area contributed by atoms with Gasteiger partial charge in [0.1, 0.15) is 24.4 Å². The van der Waals surface area contributed by atoms with Crippen molar-refractivity contribution in [1.29, 1.82) is 0 Å². The van der Waals surface area contributed by atoms with Crippen molar-refractivity contribution >= 4 is 0 Å². The summed E-state index contributed by atoms with van der Waals surface area (Å²) in [7, 11) is 0. The lowest BCUT2D eigenvalue weighted by molar-refractivity contribution is -0.315. The van der Waals surface area contributed by atoms with Crippen LogP contribution in [0, 0.1) is 5.92 Å².